The van der Waals surface area contributed by atoms with E-state index in [2.05, 4.69) is 0 Å². The van der Waals surface area contributed by atoms with Gasteiger partial charge in [0.05, 0.1) is 12.2 Å². The van der Waals surface area contributed by atoms with Crippen LogP contribution in [0.2, 0.25) is 0 Å². The predicted molar refractivity (Wildman–Crippen MR) is 59.0 cm³/mol. The van der Waals surface area contributed by atoms with Gasteiger partial charge in [0.25, 0.3) is 0 Å². The van der Waals surface area contributed by atoms with Gasteiger partial charge in [-0.3, -0.25) is 4.79 Å². The van der Waals surface area contributed by atoms with Crippen LogP contribution in [0.15, 0.2) is 24.3 Å². The smallest absolute Gasteiger partial charge is 0.163 e. The maximum absolute atomic E-state index is 11.1. The maximum Gasteiger partial charge on any atom is 0.163 e. The molecule has 0 amide bonds. The first kappa shape index (κ1) is 12.7. The molecule has 0 radical (unpaired) electrons. The number of carbonyl (C=O) groups excluding carboxylic acids is 1. The fraction of sp³-hybridized carbons (Fsp3) is 0.417. The molecule has 1 rings (SSSR count). The quantitative estimate of drug-likeness (QED) is 0.690. The zero-order valence-electron chi connectivity index (χ0n) is 9.33. The largest absolute Gasteiger partial charge is 0.493 e. The summed E-state index contributed by atoms with van der Waals surface area (Å²) in [5.74, 6) is 0.714. The molecular formula is C12H18O2. The van der Waals surface area contributed by atoms with Gasteiger partial charge in [0.2, 0.25) is 0 Å². The van der Waals surface area contributed by atoms with E-state index in [-0.39, 0.29) is 5.78 Å². The zero-order chi connectivity index (χ0) is 11.0. The van der Waals surface area contributed by atoms with Gasteiger partial charge >= 0.3 is 0 Å². The van der Waals surface area contributed by atoms with Gasteiger partial charge < -0.3 is 4.74 Å². The van der Waals surface area contributed by atoms with Crippen molar-refractivity contribution in [2.24, 2.45) is 0 Å². The van der Waals surface area contributed by atoms with Gasteiger partial charge in [0, 0.05) is 0 Å². The highest BCUT2D eigenvalue weighted by atomic mass is 16.5. The molecule has 0 aliphatic carbocycles. The first-order valence-electron chi connectivity index (χ1n) is 4.98. The van der Waals surface area contributed by atoms with E-state index in [0.29, 0.717) is 17.9 Å². The molecule has 1 aromatic carbocycles. The van der Waals surface area contributed by atoms with E-state index < -0.39 is 0 Å². The molecule has 0 saturated heterocycles. The van der Waals surface area contributed by atoms with E-state index >= 15 is 0 Å². The molecule has 78 valence electrons. The molecule has 14 heavy (non-hydrogen) atoms. The van der Waals surface area contributed by atoms with Gasteiger partial charge in [-0.25, -0.2) is 0 Å². The minimum atomic E-state index is 0.0408. The SMILES string of the molecule is CC.CCOc1ccccc1C(C)=O. The van der Waals surface area contributed by atoms with Crippen LogP contribution in [0.5, 0.6) is 5.75 Å². The molecule has 0 fully saturated rings. The van der Waals surface area contributed by atoms with Crippen molar-refractivity contribution in [1.82, 2.24) is 0 Å². The second-order valence-electron chi connectivity index (χ2n) is 2.49. The van der Waals surface area contributed by atoms with E-state index in [1.54, 1.807) is 12.1 Å². The second kappa shape index (κ2) is 7.13. The van der Waals surface area contributed by atoms with E-state index in [9.17, 15) is 4.79 Å². The highest BCUT2D eigenvalue weighted by Crippen LogP contribution is 2.17. The molecule has 1 aromatic rings. The number of hydrogen-bond acceptors (Lipinski definition) is 2. The topological polar surface area (TPSA) is 26.3 Å². The molecule has 0 bridgehead atoms. The van der Waals surface area contributed by atoms with Crippen LogP contribution < -0.4 is 4.74 Å². The number of para-hydroxylation sites is 1. The molecular weight excluding hydrogens is 176 g/mol. The van der Waals surface area contributed by atoms with Gasteiger partial charge in [0.15, 0.2) is 5.78 Å². The Bertz CT molecular complexity index is 279. The van der Waals surface area contributed by atoms with Crippen molar-refractivity contribution in [3.05, 3.63) is 29.8 Å². The number of Topliss-reactive ketones (excluding diaryl/α,β-unsaturated/α-hetero) is 1. The summed E-state index contributed by atoms with van der Waals surface area (Å²) < 4.78 is 5.28. The van der Waals surface area contributed by atoms with E-state index in [4.69, 9.17) is 4.74 Å². The van der Waals surface area contributed by atoms with Crippen LogP contribution in [0, 0.1) is 0 Å². The Hall–Kier alpha value is -1.31. The Labute approximate surface area is 85.9 Å². The van der Waals surface area contributed by atoms with Crippen molar-refractivity contribution in [3.8, 4) is 5.75 Å². The molecule has 2 nitrogen and oxygen atoms in total. The normalized spacial score (nSPS) is 8.57. The number of rotatable bonds is 3. The first-order valence-corrected chi connectivity index (χ1v) is 4.98. The van der Waals surface area contributed by atoms with Gasteiger partial charge in [-0.2, -0.15) is 0 Å². The van der Waals surface area contributed by atoms with Crippen LogP contribution in [0.3, 0.4) is 0 Å². The van der Waals surface area contributed by atoms with Crippen molar-refractivity contribution in [3.63, 3.8) is 0 Å². The zero-order valence-corrected chi connectivity index (χ0v) is 9.33. The van der Waals surface area contributed by atoms with Crippen LogP contribution in [0.4, 0.5) is 0 Å². The summed E-state index contributed by atoms with van der Waals surface area (Å²) in [6.07, 6.45) is 0. The van der Waals surface area contributed by atoms with Crippen molar-refractivity contribution in [1.29, 1.82) is 0 Å². The maximum atomic E-state index is 11.1. The number of ether oxygens (including phenoxy) is 1. The highest BCUT2D eigenvalue weighted by Gasteiger charge is 2.05. The lowest BCUT2D eigenvalue weighted by atomic mass is 10.1. The van der Waals surface area contributed by atoms with Gasteiger partial charge in [0.1, 0.15) is 5.75 Å². The lowest BCUT2D eigenvalue weighted by molar-refractivity contribution is 0.101. The van der Waals surface area contributed by atoms with Crippen molar-refractivity contribution in [2.45, 2.75) is 27.7 Å². The van der Waals surface area contributed by atoms with Crippen LogP contribution in [0.1, 0.15) is 38.1 Å². The first-order chi connectivity index (χ1) is 6.75. The second-order valence-corrected chi connectivity index (χ2v) is 2.49. The van der Waals surface area contributed by atoms with Crippen LogP contribution in [-0.4, -0.2) is 12.4 Å². The van der Waals surface area contributed by atoms with Crippen molar-refractivity contribution < 1.29 is 9.53 Å². The third-order valence-electron chi connectivity index (χ3n) is 1.57. The standard InChI is InChI=1S/C10H12O2.C2H6/c1-3-12-10-7-5-4-6-9(10)8(2)11;1-2/h4-7H,3H2,1-2H3;1-2H3. The third-order valence-corrected chi connectivity index (χ3v) is 1.57. The molecule has 0 unspecified atom stereocenters. The summed E-state index contributed by atoms with van der Waals surface area (Å²) in [6.45, 7) is 8.03. The average Bonchev–Trinajstić information content (AvgIpc) is 2.22. The predicted octanol–water partition coefficient (Wildman–Crippen LogP) is 3.31. The Morgan fingerprint density at radius 2 is 1.86 bits per heavy atom. The Morgan fingerprint density at radius 3 is 2.36 bits per heavy atom. The summed E-state index contributed by atoms with van der Waals surface area (Å²) in [4.78, 5) is 11.1. The Morgan fingerprint density at radius 1 is 1.29 bits per heavy atom. The fourth-order valence-electron chi connectivity index (χ4n) is 1.04. The minimum absolute atomic E-state index is 0.0408. The number of ketones is 1. The molecule has 0 aliphatic rings. The van der Waals surface area contributed by atoms with Crippen LogP contribution >= 0.6 is 0 Å². The summed E-state index contributed by atoms with van der Waals surface area (Å²) in [5, 5.41) is 0. The Balaban J connectivity index is 0.000000791. The van der Waals surface area contributed by atoms with Crippen molar-refractivity contribution in [2.75, 3.05) is 6.61 Å². The summed E-state index contributed by atoms with van der Waals surface area (Å²) >= 11 is 0. The summed E-state index contributed by atoms with van der Waals surface area (Å²) in [6, 6.07) is 7.27. The lowest BCUT2D eigenvalue weighted by Gasteiger charge is -2.06. The number of carbonyl (C=O) groups is 1. The van der Waals surface area contributed by atoms with E-state index in [0.717, 1.165) is 0 Å². The molecule has 0 saturated carbocycles. The lowest BCUT2D eigenvalue weighted by Crippen LogP contribution is -1.99. The Kier molecular flexibility index (Phi) is 6.46. The monoisotopic (exact) mass is 194 g/mol. The molecule has 0 aliphatic heterocycles. The van der Waals surface area contributed by atoms with Crippen molar-refractivity contribution >= 4 is 5.78 Å². The third kappa shape index (κ3) is 3.60. The summed E-state index contributed by atoms with van der Waals surface area (Å²) in [5.41, 5.74) is 0.652. The molecule has 0 atom stereocenters. The summed E-state index contributed by atoms with van der Waals surface area (Å²) in [7, 11) is 0. The van der Waals surface area contributed by atoms with Gasteiger partial charge in [-0.15, -0.1) is 0 Å². The minimum Gasteiger partial charge on any atom is -0.493 e. The average molecular weight is 194 g/mol. The number of hydrogen-bond donors (Lipinski definition) is 0. The molecule has 2 heteroatoms. The molecule has 0 spiro atoms. The number of benzene rings is 1. The van der Waals surface area contributed by atoms with Gasteiger partial charge in [-0.1, -0.05) is 26.0 Å². The van der Waals surface area contributed by atoms with Crippen LogP contribution in [0.25, 0.3) is 0 Å². The molecule has 0 N–H and O–H groups in total. The fourth-order valence-corrected chi connectivity index (χ4v) is 1.04. The van der Waals surface area contributed by atoms with Crippen LogP contribution in [-0.2, 0) is 0 Å². The van der Waals surface area contributed by atoms with Gasteiger partial charge in [-0.05, 0) is 26.0 Å². The van der Waals surface area contributed by atoms with E-state index in [1.807, 2.05) is 32.9 Å². The van der Waals surface area contributed by atoms with E-state index in [1.165, 1.54) is 6.92 Å². The molecule has 0 aromatic heterocycles. The highest BCUT2D eigenvalue weighted by molar-refractivity contribution is 5.96. The molecule has 0 heterocycles.